The van der Waals surface area contributed by atoms with Crippen LogP contribution in [0.15, 0.2) is 36.5 Å². The van der Waals surface area contributed by atoms with Gasteiger partial charge in [0.2, 0.25) is 0 Å². The Balaban J connectivity index is 1.49. The van der Waals surface area contributed by atoms with Crippen molar-refractivity contribution < 1.29 is 0 Å². The first-order valence-electron chi connectivity index (χ1n) is 8.63. The highest BCUT2D eigenvalue weighted by atomic mass is 15.3. The smallest absolute Gasteiger partial charge is 0.178 e. The predicted octanol–water partition coefficient (Wildman–Crippen LogP) is 2.28. The van der Waals surface area contributed by atoms with Crippen LogP contribution in [-0.4, -0.2) is 38.8 Å². The van der Waals surface area contributed by atoms with Crippen molar-refractivity contribution in [2.24, 2.45) is 5.73 Å². The van der Waals surface area contributed by atoms with Crippen molar-refractivity contribution in [3.05, 3.63) is 42.1 Å². The average molecular weight is 337 g/mol. The van der Waals surface area contributed by atoms with E-state index in [2.05, 4.69) is 49.4 Å². The van der Waals surface area contributed by atoms with Crippen LogP contribution < -0.4 is 16.0 Å². The third-order valence-electron chi connectivity index (χ3n) is 4.79. The molecule has 7 heteroatoms. The van der Waals surface area contributed by atoms with Crippen molar-refractivity contribution in [1.29, 1.82) is 0 Å². The maximum Gasteiger partial charge on any atom is 0.178 e. The topological polar surface area (TPSA) is 95.7 Å². The van der Waals surface area contributed by atoms with Crippen molar-refractivity contribution in [2.45, 2.75) is 31.8 Å². The van der Waals surface area contributed by atoms with E-state index >= 15 is 0 Å². The summed E-state index contributed by atoms with van der Waals surface area (Å²) in [4.78, 5) is 11.5. The highest BCUT2D eigenvalue weighted by Crippen LogP contribution is 2.25. The molecule has 4 rings (SSSR count). The molecule has 2 aromatic heterocycles. The number of rotatable bonds is 4. The lowest BCUT2D eigenvalue weighted by atomic mass is 9.91. The Hall–Kier alpha value is -2.67. The number of aromatic amines is 1. The molecule has 4 N–H and O–H groups in total. The summed E-state index contributed by atoms with van der Waals surface area (Å²) in [6, 6.07) is 10.2. The van der Waals surface area contributed by atoms with E-state index in [1.807, 2.05) is 24.4 Å². The van der Waals surface area contributed by atoms with Gasteiger partial charge in [-0.15, -0.1) is 0 Å². The zero-order valence-corrected chi connectivity index (χ0v) is 14.4. The predicted molar refractivity (Wildman–Crippen MR) is 99.5 cm³/mol. The van der Waals surface area contributed by atoms with Crippen LogP contribution in [0.4, 0.5) is 11.6 Å². The molecule has 0 radical (unpaired) electrons. The number of nitrogens with zero attached hydrogens (tertiary/aromatic N) is 4. The number of anilines is 2. The molecule has 3 aromatic rings. The molecule has 1 aliphatic rings. The van der Waals surface area contributed by atoms with Crippen LogP contribution in [0.5, 0.6) is 0 Å². The minimum atomic E-state index is -0.0729. The zero-order chi connectivity index (χ0) is 17.3. The lowest BCUT2D eigenvalue weighted by Gasteiger charge is -2.37. The Labute approximate surface area is 146 Å². The van der Waals surface area contributed by atoms with Gasteiger partial charge in [-0.25, -0.2) is 9.97 Å². The molecule has 0 atom stereocenters. The molecule has 1 fully saturated rings. The lowest BCUT2D eigenvalue weighted by Crippen LogP contribution is -2.48. The molecule has 25 heavy (non-hydrogen) atoms. The summed E-state index contributed by atoms with van der Waals surface area (Å²) in [6.07, 6.45) is 3.74. The largest absolute Gasteiger partial charge is 0.363 e. The van der Waals surface area contributed by atoms with Gasteiger partial charge in [0.15, 0.2) is 17.0 Å². The number of piperidine rings is 1. The highest BCUT2D eigenvalue weighted by Gasteiger charge is 2.26. The molecule has 130 valence electrons. The van der Waals surface area contributed by atoms with Crippen LogP contribution in [0.25, 0.3) is 11.2 Å². The molecule has 1 saturated heterocycles. The third kappa shape index (κ3) is 3.41. The van der Waals surface area contributed by atoms with Crippen molar-refractivity contribution >= 4 is 22.8 Å². The van der Waals surface area contributed by atoms with Gasteiger partial charge in [0, 0.05) is 25.2 Å². The molecule has 1 aliphatic heterocycles. The first-order chi connectivity index (χ1) is 12.1. The minimum Gasteiger partial charge on any atom is -0.363 e. The van der Waals surface area contributed by atoms with E-state index in [0.717, 1.165) is 43.1 Å². The van der Waals surface area contributed by atoms with Crippen molar-refractivity contribution in [2.75, 3.05) is 23.3 Å². The highest BCUT2D eigenvalue weighted by molar-refractivity contribution is 5.83. The summed E-state index contributed by atoms with van der Waals surface area (Å²) in [6.45, 7) is 4.62. The van der Waals surface area contributed by atoms with Gasteiger partial charge in [0.05, 0.1) is 6.20 Å². The number of hydrogen-bond acceptors (Lipinski definition) is 6. The Morgan fingerprint density at radius 2 is 2.00 bits per heavy atom. The zero-order valence-electron chi connectivity index (χ0n) is 14.4. The molecule has 0 bridgehead atoms. The average Bonchev–Trinajstić information content (AvgIpc) is 3.03. The Morgan fingerprint density at radius 1 is 1.24 bits per heavy atom. The molecule has 0 saturated carbocycles. The second-order valence-electron chi connectivity index (χ2n) is 6.98. The number of nitrogens with one attached hydrogen (secondary N) is 2. The molecule has 7 nitrogen and oxygen atoms in total. The van der Waals surface area contributed by atoms with Gasteiger partial charge in [-0.05, 0) is 25.3 Å². The quantitative estimate of drug-likeness (QED) is 0.676. The van der Waals surface area contributed by atoms with E-state index in [9.17, 15) is 0 Å². The van der Waals surface area contributed by atoms with Gasteiger partial charge >= 0.3 is 0 Å². The van der Waals surface area contributed by atoms with Crippen LogP contribution >= 0.6 is 0 Å². The van der Waals surface area contributed by atoms with Crippen LogP contribution in [0, 0.1) is 0 Å². The van der Waals surface area contributed by atoms with Crippen molar-refractivity contribution in [3.8, 4) is 0 Å². The molecular formula is C18H23N7. The molecule has 0 amide bonds. The number of fused-ring (bicyclic) bond motifs is 1. The number of benzene rings is 1. The fourth-order valence-electron chi connectivity index (χ4n) is 3.10. The van der Waals surface area contributed by atoms with Gasteiger partial charge in [0.1, 0.15) is 5.82 Å². The van der Waals surface area contributed by atoms with E-state index in [1.54, 1.807) is 0 Å². The van der Waals surface area contributed by atoms with Gasteiger partial charge in [-0.2, -0.15) is 5.10 Å². The summed E-state index contributed by atoms with van der Waals surface area (Å²) in [5.41, 5.74) is 8.80. The SMILES string of the molecule is CC1(N)CCN(c2cnc3c(NCc4ccccc4)n[nH]c3n2)CC1. The molecule has 3 heterocycles. The molecule has 0 aliphatic carbocycles. The van der Waals surface area contributed by atoms with E-state index in [-0.39, 0.29) is 5.54 Å². The Bertz CT molecular complexity index is 846. The second-order valence-corrected chi connectivity index (χ2v) is 6.98. The van der Waals surface area contributed by atoms with Crippen LogP contribution in [0.3, 0.4) is 0 Å². The maximum absolute atomic E-state index is 6.21. The lowest BCUT2D eigenvalue weighted by molar-refractivity contribution is 0.363. The third-order valence-corrected chi connectivity index (χ3v) is 4.79. The summed E-state index contributed by atoms with van der Waals surface area (Å²) >= 11 is 0. The van der Waals surface area contributed by atoms with Crippen LogP contribution in [-0.2, 0) is 6.54 Å². The summed E-state index contributed by atoms with van der Waals surface area (Å²) in [7, 11) is 0. The monoisotopic (exact) mass is 337 g/mol. The number of nitrogens with two attached hydrogens (primary N) is 1. The molecular weight excluding hydrogens is 314 g/mol. The van der Waals surface area contributed by atoms with Gasteiger partial charge in [-0.1, -0.05) is 30.3 Å². The second kappa shape index (κ2) is 6.33. The van der Waals surface area contributed by atoms with E-state index in [1.165, 1.54) is 5.56 Å². The first-order valence-corrected chi connectivity index (χ1v) is 8.63. The van der Waals surface area contributed by atoms with Gasteiger partial charge in [0.25, 0.3) is 0 Å². The van der Waals surface area contributed by atoms with Crippen molar-refractivity contribution in [3.63, 3.8) is 0 Å². The number of hydrogen-bond donors (Lipinski definition) is 3. The summed E-state index contributed by atoms with van der Waals surface area (Å²) in [5.74, 6) is 1.60. The summed E-state index contributed by atoms with van der Waals surface area (Å²) < 4.78 is 0. The van der Waals surface area contributed by atoms with Crippen LogP contribution in [0.2, 0.25) is 0 Å². The van der Waals surface area contributed by atoms with Gasteiger partial charge in [-0.3, -0.25) is 5.10 Å². The van der Waals surface area contributed by atoms with E-state index < -0.39 is 0 Å². The minimum absolute atomic E-state index is 0.0729. The maximum atomic E-state index is 6.21. The normalized spacial score (nSPS) is 17.0. The van der Waals surface area contributed by atoms with E-state index in [0.29, 0.717) is 12.2 Å². The fraction of sp³-hybridized carbons (Fsp3) is 0.389. The first kappa shape index (κ1) is 15.8. The standard InChI is InChI=1S/C18H23N7/c1-18(19)7-9-25(10-8-18)14-12-20-15-16(23-24-17(15)22-14)21-11-13-5-3-2-4-6-13/h2-6,12H,7-11,19H2,1H3,(H2,21,22,23,24). The number of H-pyrrole nitrogens is 1. The van der Waals surface area contributed by atoms with Crippen molar-refractivity contribution in [1.82, 2.24) is 20.2 Å². The molecule has 1 aromatic carbocycles. The summed E-state index contributed by atoms with van der Waals surface area (Å²) in [5, 5.41) is 10.6. The molecule has 0 unspecified atom stereocenters. The molecule has 0 spiro atoms. The van der Waals surface area contributed by atoms with E-state index in [4.69, 9.17) is 5.73 Å². The van der Waals surface area contributed by atoms with Gasteiger partial charge < -0.3 is 16.0 Å². The Kier molecular flexibility index (Phi) is 4.01. The number of aromatic nitrogens is 4. The fourth-order valence-corrected chi connectivity index (χ4v) is 3.10. The van der Waals surface area contributed by atoms with Crippen LogP contribution in [0.1, 0.15) is 25.3 Å². The Morgan fingerprint density at radius 3 is 2.76 bits per heavy atom.